The van der Waals surface area contributed by atoms with Crippen LogP contribution in [0.5, 0.6) is 0 Å². The SMILES string of the molecule is CC1(C)C(=O)N(c2ccccc2F)C(=O)N1CCCCl. The molecular weight excluding hydrogens is 283 g/mol. The van der Waals surface area contributed by atoms with Crippen LogP contribution in [0, 0.1) is 5.82 Å². The topological polar surface area (TPSA) is 40.6 Å². The molecule has 20 heavy (non-hydrogen) atoms. The van der Waals surface area contributed by atoms with Crippen LogP contribution in [-0.2, 0) is 4.79 Å². The van der Waals surface area contributed by atoms with Crippen LogP contribution >= 0.6 is 11.6 Å². The molecule has 0 bridgehead atoms. The molecule has 4 nitrogen and oxygen atoms in total. The van der Waals surface area contributed by atoms with Gasteiger partial charge in [0.25, 0.3) is 5.91 Å². The molecule has 1 saturated heterocycles. The fraction of sp³-hybridized carbons (Fsp3) is 0.429. The highest BCUT2D eigenvalue weighted by molar-refractivity contribution is 6.23. The zero-order chi connectivity index (χ0) is 14.9. The number of alkyl halides is 1. The average molecular weight is 299 g/mol. The summed E-state index contributed by atoms with van der Waals surface area (Å²) in [5, 5.41) is 0. The van der Waals surface area contributed by atoms with Crippen molar-refractivity contribution in [3.05, 3.63) is 30.1 Å². The van der Waals surface area contributed by atoms with Gasteiger partial charge in [-0.25, -0.2) is 14.1 Å². The van der Waals surface area contributed by atoms with Crippen molar-refractivity contribution in [3.8, 4) is 0 Å². The molecule has 6 heteroatoms. The second kappa shape index (κ2) is 5.40. The van der Waals surface area contributed by atoms with Crippen LogP contribution in [0.3, 0.4) is 0 Å². The number of para-hydroxylation sites is 1. The first-order valence-corrected chi connectivity index (χ1v) is 6.91. The molecule has 1 aromatic rings. The molecule has 0 atom stereocenters. The summed E-state index contributed by atoms with van der Waals surface area (Å²) in [5.41, 5.74) is -1.00. The van der Waals surface area contributed by atoms with E-state index in [1.54, 1.807) is 19.9 Å². The highest BCUT2D eigenvalue weighted by atomic mass is 35.5. The van der Waals surface area contributed by atoms with Gasteiger partial charge in [-0.15, -0.1) is 11.6 Å². The Labute approximate surface area is 122 Å². The summed E-state index contributed by atoms with van der Waals surface area (Å²) >= 11 is 5.64. The molecule has 0 radical (unpaired) electrons. The Balaban J connectivity index is 2.39. The lowest BCUT2D eigenvalue weighted by atomic mass is 10.0. The Morgan fingerprint density at radius 2 is 1.90 bits per heavy atom. The van der Waals surface area contributed by atoms with Gasteiger partial charge in [-0.1, -0.05) is 12.1 Å². The first kappa shape index (κ1) is 14.8. The maximum Gasteiger partial charge on any atom is 0.332 e. The van der Waals surface area contributed by atoms with Gasteiger partial charge in [-0.05, 0) is 32.4 Å². The minimum atomic E-state index is -0.995. The second-order valence-corrected chi connectivity index (χ2v) is 5.51. The van der Waals surface area contributed by atoms with E-state index in [2.05, 4.69) is 0 Å². The monoisotopic (exact) mass is 298 g/mol. The number of benzene rings is 1. The number of imide groups is 1. The Hall–Kier alpha value is -1.62. The van der Waals surface area contributed by atoms with Crippen molar-refractivity contribution in [2.45, 2.75) is 25.8 Å². The Morgan fingerprint density at radius 1 is 1.25 bits per heavy atom. The molecule has 1 aliphatic heterocycles. The third kappa shape index (κ3) is 2.26. The van der Waals surface area contributed by atoms with Crippen molar-refractivity contribution in [2.75, 3.05) is 17.3 Å². The van der Waals surface area contributed by atoms with Crippen molar-refractivity contribution >= 4 is 29.2 Å². The predicted molar refractivity (Wildman–Crippen MR) is 75.4 cm³/mol. The van der Waals surface area contributed by atoms with Gasteiger partial charge in [-0.3, -0.25) is 4.79 Å². The summed E-state index contributed by atoms with van der Waals surface area (Å²) < 4.78 is 13.8. The van der Waals surface area contributed by atoms with Crippen molar-refractivity contribution < 1.29 is 14.0 Å². The molecule has 0 unspecified atom stereocenters. The van der Waals surface area contributed by atoms with E-state index in [4.69, 9.17) is 11.6 Å². The van der Waals surface area contributed by atoms with Crippen LogP contribution in [0.2, 0.25) is 0 Å². The number of anilines is 1. The van der Waals surface area contributed by atoms with Crippen LogP contribution in [0.1, 0.15) is 20.3 Å². The van der Waals surface area contributed by atoms with Crippen molar-refractivity contribution in [1.29, 1.82) is 0 Å². The number of halogens is 2. The van der Waals surface area contributed by atoms with Gasteiger partial charge in [0.1, 0.15) is 11.4 Å². The number of nitrogens with zero attached hydrogens (tertiary/aromatic N) is 2. The van der Waals surface area contributed by atoms with Gasteiger partial charge >= 0.3 is 6.03 Å². The van der Waals surface area contributed by atoms with E-state index in [1.165, 1.54) is 23.1 Å². The quantitative estimate of drug-likeness (QED) is 0.633. The Bertz CT molecular complexity index is 548. The lowest BCUT2D eigenvalue weighted by Crippen LogP contribution is -2.44. The fourth-order valence-electron chi connectivity index (χ4n) is 2.27. The van der Waals surface area contributed by atoms with Gasteiger partial charge in [0.05, 0.1) is 5.69 Å². The molecule has 0 spiro atoms. The minimum Gasteiger partial charge on any atom is -0.310 e. The molecule has 1 heterocycles. The average Bonchev–Trinajstić information content (AvgIpc) is 2.56. The third-order valence-electron chi connectivity index (χ3n) is 3.43. The van der Waals surface area contributed by atoms with Crippen molar-refractivity contribution in [1.82, 2.24) is 4.90 Å². The maximum atomic E-state index is 13.8. The van der Waals surface area contributed by atoms with Gasteiger partial charge in [0.15, 0.2) is 0 Å². The Morgan fingerprint density at radius 3 is 2.50 bits per heavy atom. The smallest absolute Gasteiger partial charge is 0.310 e. The number of carbonyl (C=O) groups excluding carboxylic acids is 2. The number of rotatable bonds is 4. The van der Waals surface area contributed by atoms with Crippen LogP contribution in [0.25, 0.3) is 0 Å². The first-order valence-electron chi connectivity index (χ1n) is 6.38. The van der Waals surface area contributed by atoms with Crippen LogP contribution in [0.15, 0.2) is 24.3 Å². The molecule has 0 aromatic heterocycles. The number of amides is 3. The standard InChI is InChI=1S/C14H16ClFN2O2/c1-14(2)12(19)18(11-7-4-3-6-10(11)16)13(20)17(14)9-5-8-15/h3-4,6-7H,5,8-9H2,1-2H3. The number of urea groups is 1. The van der Waals surface area contributed by atoms with E-state index in [0.717, 1.165) is 4.90 Å². The van der Waals surface area contributed by atoms with Crippen LogP contribution in [-0.4, -0.2) is 34.8 Å². The summed E-state index contributed by atoms with van der Waals surface area (Å²) in [7, 11) is 0. The molecule has 0 N–H and O–H groups in total. The highest BCUT2D eigenvalue weighted by Crippen LogP contribution is 2.33. The summed E-state index contributed by atoms with van der Waals surface area (Å²) in [6.45, 7) is 3.68. The molecule has 0 saturated carbocycles. The molecule has 1 aliphatic rings. The molecule has 108 valence electrons. The zero-order valence-corrected chi connectivity index (χ0v) is 12.2. The van der Waals surface area contributed by atoms with Gasteiger partial charge in [0, 0.05) is 12.4 Å². The maximum absolute atomic E-state index is 13.8. The van der Waals surface area contributed by atoms with Crippen LogP contribution in [0.4, 0.5) is 14.9 Å². The van der Waals surface area contributed by atoms with Crippen LogP contribution < -0.4 is 4.90 Å². The molecule has 1 fully saturated rings. The summed E-state index contributed by atoms with van der Waals surface area (Å²) in [5.74, 6) is -0.625. The number of carbonyl (C=O) groups is 2. The first-order chi connectivity index (χ1) is 9.41. The molecule has 1 aromatic carbocycles. The predicted octanol–water partition coefficient (Wildman–Crippen LogP) is 3.00. The van der Waals surface area contributed by atoms with E-state index in [0.29, 0.717) is 18.8 Å². The third-order valence-corrected chi connectivity index (χ3v) is 3.70. The molecule has 2 rings (SSSR count). The van der Waals surface area contributed by atoms with Gasteiger partial charge in [0.2, 0.25) is 0 Å². The molecule has 0 aliphatic carbocycles. The van der Waals surface area contributed by atoms with E-state index in [-0.39, 0.29) is 5.69 Å². The van der Waals surface area contributed by atoms with Crippen molar-refractivity contribution in [2.24, 2.45) is 0 Å². The summed E-state index contributed by atoms with van der Waals surface area (Å²) in [6.07, 6.45) is 0.578. The van der Waals surface area contributed by atoms with Gasteiger partial charge < -0.3 is 4.90 Å². The lowest BCUT2D eigenvalue weighted by Gasteiger charge is -2.27. The largest absolute Gasteiger partial charge is 0.332 e. The second-order valence-electron chi connectivity index (χ2n) is 5.13. The number of hydrogen-bond acceptors (Lipinski definition) is 2. The normalized spacial score (nSPS) is 18.0. The summed E-state index contributed by atoms with van der Waals surface area (Å²) in [4.78, 5) is 27.2. The van der Waals surface area contributed by atoms with E-state index in [1.807, 2.05) is 0 Å². The van der Waals surface area contributed by atoms with E-state index >= 15 is 0 Å². The van der Waals surface area contributed by atoms with Crippen molar-refractivity contribution in [3.63, 3.8) is 0 Å². The van der Waals surface area contributed by atoms with E-state index in [9.17, 15) is 14.0 Å². The van der Waals surface area contributed by atoms with Gasteiger partial charge in [-0.2, -0.15) is 0 Å². The molecular formula is C14H16ClFN2O2. The molecule has 3 amide bonds. The summed E-state index contributed by atoms with van der Waals surface area (Å²) in [6, 6.07) is 5.25. The zero-order valence-electron chi connectivity index (χ0n) is 11.4. The number of hydrogen-bond donors (Lipinski definition) is 0. The minimum absolute atomic E-state index is 0.0102. The fourth-order valence-corrected chi connectivity index (χ4v) is 2.39. The Kier molecular flexibility index (Phi) is 3.99. The van der Waals surface area contributed by atoms with E-state index < -0.39 is 23.3 Å². The lowest BCUT2D eigenvalue weighted by molar-refractivity contribution is -0.123. The highest BCUT2D eigenvalue weighted by Gasteiger charge is 2.51.